The number of carbonyl (C=O) groups is 1. The molecule has 1 aliphatic heterocycles. The summed E-state index contributed by atoms with van der Waals surface area (Å²) in [6.07, 6.45) is 3.44. The molecule has 0 unspecified atom stereocenters. The standard InChI is InChI=1S/C12H16N2O3/c1-8-6-10(12(15)16)11(13-7-8)14-9-2-4-17-5-3-9/h6-7,9H,2-5H2,1H3,(H,13,14)(H,15,16). The van der Waals surface area contributed by atoms with Gasteiger partial charge in [-0.3, -0.25) is 0 Å². The number of nitrogens with one attached hydrogen (secondary N) is 1. The van der Waals surface area contributed by atoms with Gasteiger partial charge in [0.05, 0.1) is 0 Å². The zero-order valence-corrected chi connectivity index (χ0v) is 9.77. The zero-order valence-electron chi connectivity index (χ0n) is 9.77. The van der Waals surface area contributed by atoms with E-state index in [2.05, 4.69) is 10.3 Å². The van der Waals surface area contributed by atoms with Crippen molar-refractivity contribution in [1.29, 1.82) is 0 Å². The molecule has 17 heavy (non-hydrogen) atoms. The number of anilines is 1. The Labute approximate surface area is 99.8 Å². The number of nitrogens with zero attached hydrogens (tertiary/aromatic N) is 1. The number of carboxylic acids is 1. The van der Waals surface area contributed by atoms with Crippen molar-refractivity contribution < 1.29 is 14.6 Å². The summed E-state index contributed by atoms with van der Waals surface area (Å²) in [7, 11) is 0. The van der Waals surface area contributed by atoms with Crippen LogP contribution in [0, 0.1) is 6.92 Å². The predicted octanol–water partition coefficient (Wildman–Crippen LogP) is 1.68. The van der Waals surface area contributed by atoms with E-state index in [1.807, 2.05) is 6.92 Å². The lowest BCUT2D eigenvalue weighted by molar-refractivity contribution is 0.0697. The van der Waals surface area contributed by atoms with Crippen LogP contribution in [-0.2, 0) is 4.74 Å². The summed E-state index contributed by atoms with van der Waals surface area (Å²) in [4.78, 5) is 15.3. The van der Waals surface area contributed by atoms with E-state index >= 15 is 0 Å². The fourth-order valence-electron chi connectivity index (χ4n) is 1.88. The van der Waals surface area contributed by atoms with Gasteiger partial charge in [-0.25, -0.2) is 9.78 Å². The Morgan fingerprint density at radius 1 is 1.53 bits per heavy atom. The van der Waals surface area contributed by atoms with Crippen molar-refractivity contribution in [2.45, 2.75) is 25.8 Å². The minimum Gasteiger partial charge on any atom is -0.478 e. The molecule has 1 aromatic heterocycles. The molecule has 2 N–H and O–H groups in total. The maximum absolute atomic E-state index is 11.1. The van der Waals surface area contributed by atoms with E-state index in [9.17, 15) is 4.79 Å². The highest BCUT2D eigenvalue weighted by atomic mass is 16.5. The van der Waals surface area contributed by atoms with Gasteiger partial charge in [-0.15, -0.1) is 0 Å². The molecule has 2 rings (SSSR count). The number of aromatic nitrogens is 1. The van der Waals surface area contributed by atoms with Gasteiger partial charge in [-0.2, -0.15) is 0 Å². The number of ether oxygens (including phenoxy) is 1. The quantitative estimate of drug-likeness (QED) is 0.835. The van der Waals surface area contributed by atoms with Gasteiger partial charge in [0.15, 0.2) is 0 Å². The van der Waals surface area contributed by atoms with Crippen molar-refractivity contribution in [3.05, 3.63) is 23.4 Å². The SMILES string of the molecule is Cc1cnc(NC2CCOCC2)c(C(=O)O)c1. The Bertz CT molecular complexity index is 414. The fraction of sp³-hybridized carbons (Fsp3) is 0.500. The first kappa shape index (κ1) is 11.9. The van der Waals surface area contributed by atoms with Crippen molar-refractivity contribution in [1.82, 2.24) is 4.98 Å². The van der Waals surface area contributed by atoms with Crippen LogP contribution in [0.25, 0.3) is 0 Å². The molecule has 2 heterocycles. The monoisotopic (exact) mass is 236 g/mol. The lowest BCUT2D eigenvalue weighted by Crippen LogP contribution is -2.29. The van der Waals surface area contributed by atoms with Crippen LogP contribution in [0.1, 0.15) is 28.8 Å². The average molecular weight is 236 g/mol. The van der Waals surface area contributed by atoms with Gasteiger partial charge in [0, 0.05) is 25.5 Å². The fourth-order valence-corrected chi connectivity index (χ4v) is 1.88. The molecule has 0 aromatic carbocycles. The molecule has 5 nitrogen and oxygen atoms in total. The third-order valence-corrected chi connectivity index (χ3v) is 2.82. The lowest BCUT2D eigenvalue weighted by atomic mass is 10.1. The molecule has 0 bridgehead atoms. The largest absolute Gasteiger partial charge is 0.478 e. The third kappa shape index (κ3) is 2.94. The highest BCUT2D eigenvalue weighted by molar-refractivity contribution is 5.93. The van der Waals surface area contributed by atoms with E-state index in [1.54, 1.807) is 12.3 Å². The average Bonchev–Trinajstić information content (AvgIpc) is 2.32. The second-order valence-electron chi connectivity index (χ2n) is 4.24. The van der Waals surface area contributed by atoms with E-state index in [0.29, 0.717) is 19.0 Å². The number of rotatable bonds is 3. The highest BCUT2D eigenvalue weighted by Gasteiger charge is 2.18. The van der Waals surface area contributed by atoms with E-state index in [4.69, 9.17) is 9.84 Å². The van der Waals surface area contributed by atoms with Crippen LogP contribution in [0.4, 0.5) is 5.82 Å². The lowest BCUT2D eigenvalue weighted by Gasteiger charge is -2.24. The first-order chi connectivity index (χ1) is 8.16. The van der Waals surface area contributed by atoms with Gasteiger partial charge in [-0.1, -0.05) is 0 Å². The first-order valence-electron chi connectivity index (χ1n) is 5.71. The summed E-state index contributed by atoms with van der Waals surface area (Å²) in [6, 6.07) is 1.88. The molecule has 1 aromatic rings. The molecule has 1 saturated heterocycles. The summed E-state index contributed by atoms with van der Waals surface area (Å²) in [5.41, 5.74) is 1.08. The smallest absolute Gasteiger partial charge is 0.339 e. The molecule has 0 spiro atoms. The maximum Gasteiger partial charge on any atom is 0.339 e. The topological polar surface area (TPSA) is 71.5 Å². The Balaban J connectivity index is 2.16. The number of hydrogen-bond donors (Lipinski definition) is 2. The minimum absolute atomic E-state index is 0.233. The van der Waals surface area contributed by atoms with Crippen molar-refractivity contribution in [2.24, 2.45) is 0 Å². The molecule has 92 valence electrons. The van der Waals surface area contributed by atoms with Crippen molar-refractivity contribution in [3.63, 3.8) is 0 Å². The highest BCUT2D eigenvalue weighted by Crippen LogP contribution is 2.18. The summed E-state index contributed by atoms with van der Waals surface area (Å²) in [5, 5.41) is 12.3. The summed E-state index contributed by atoms with van der Waals surface area (Å²) in [5.74, 6) is -0.495. The molecule has 0 amide bonds. The minimum atomic E-state index is -0.948. The van der Waals surface area contributed by atoms with Crippen LogP contribution in [0.3, 0.4) is 0 Å². The molecule has 0 atom stereocenters. The molecule has 0 saturated carbocycles. The molecular formula is C12H16N2O3. The summed E-state index contributed by atoms with van der Waals surface area (Å²) in [6.45, 7) is 3.26. The van der Waals surface area contributed by atoms with Crippen LogP contribution in [0.2, 0.25) is 0 Å². The molecule has 1 fully saturated rings. The zero-order chi connectivity index (χ0) is 12.3. The molecule has 1 aliphatic rings. The number of hydrogen-bond acceptors (Lipinski definition) is 4. The van der Waals surface area contributed by atoms with Crippen molar-refractivity contribution in [3.8, 4) is 0 Å². The van der Waals surface area contributed by atoms with Crippen LogP contribution >= 0.6 is 0 Å². The summed E-state index contributed by atoms with van der Waals surface area (Å²) < 4.78 is 5.26. The summed E-state index contributed by atoms with van der Waals surface area (Å²) >= 11 is 0. The van der Waals surface area contributed by atoms with Crippen LogP contribution < -0.4 is 5.32 Å². The van der Waals surface area contributed by atoms with Gasteiger partial charge in [0.2, 0.25) is 0 Å². The van der Waals surface area contributed by atoms with E-state index in [-0.39, 0.29) is 11.6 Å². The molecule has 5 heteroatoms. The number of carboxylic acid groups (broad SMARTS) is 1. The van der Waals surface area contributed by atoms with E-state index < -0.39 is 5.97 Å². The van der Waals surface area contributed by atoms with Gasteiger partial charge in [0.1, 0.15) is 11.4 Å². The Kier molecular flexibility index (Phi) is 3.58. The van der Waals surface area contributed by atoms with Crippen molar-refractivity contribution >= 4 is 11.8 Å². The second-order valence-corrected chi connectivity index (χ2v) is 4.24. The van der Waals surface area contributed by atoms with Gasteiger partial charge >= 0.3 is 5.97 Å². The van der Waals surface area contributed by atoms with Gasteiger partial charge in [-0.05, 0) is 31.4 Å². The Morgan fingerprint density at radius 3 is 2.88 bits per heavy atom. The normalized spacial score (nSPS) is 16.8. The molecule has 0 radical (unpaired) electrons. The van der Waals surface area contributed by atoms with Crippen LogP contribution in [-0.4, -0.2) is 35.3 Å². The Morgan fingerprint density at radius 2 is 2.24 bits per heavy atom. The Hall–Kier alpha value is -1.62. The molecule has 0 aliphatic carbocycles. The van der Waals surface area contributed by atoms with Crippen LogP contribution in [0.5, 0.6) is 0 Å². The molecular weight excluding hydrogens is 220 g/mol. The number of aryl methyl sites for hydroxylation is 1. The number of pyridine rings is 1. The van der Waals surface area contributed by atoms with Crippen molar-refractivity contribution in [2.75, 3.05) is 18.5 Å². The van der Waals surface area contributed by atoms with Gasteiger partial charge in [0.25, 0.3) is 0 Å². The van der Waals surface area contributed by atoms with E-state index in [0.717, 1.165) is 18.4 Å². The maximum atomic E-state index is 11.1. The predicted molar refractivity (Wildman–Crippen MR) is 63.4 cm³/mol. The third-order valence-electron chi connectivity index (χ3n) is 2.82. The number of aromatic carboxylic acids is 1. The van der Waals surface area contributed by atoms with Crippen LogP contribution in [0.15, 0.2) is 12.3 Å². The van der Waals surface area contributed by atoms with Gasteiger partial charge < -0.3 is 15.2 Å². The van der Waals surface area contributed by atoms with E-state index in [1.165, 1.54) is 0 Å². The second kappa shape index (κ2) is 5.14. The first-order valence-corrected chi connectivity index (χ1v) is 5.71.